The van der Waals surface area contributed by atoms with E-state index in [1.807, 2.05) is 0 Å². The van der Waals surface area contributed by atoms with Gasteiger partial charge in [0.05, 0.1) is 7.11 Å². The Hall–Kier alpha value is -1.33. The summed E-state index contributed by atoms with van der Waals surface area (Å²) >= 11 is 0. The first kappa shape index (κ1) is 9.67. The summed E-state index contributed by atoms with van der Waals surface area (Å²) in [5.74, 6) is -0.652. The van der Waals surface area contributed by atoms with Gasteiger partial charge in [-0.25, -0.2) is 4.79 Å². The van der Waals surface area contributed by atoms with Gasteiger partial charge in [-0.05, 0) is 4.86 Å². The Morgan fingerprint density at radius 1 is 1.64 bits per heavy atom. The minimum absolute atomic E-state index is 0.131. The van der Waals surface area contributed by atoms with E-state index in [-0.39, 0.29) is 4.86 Å². The summed E-state index contributed by atoms with van der Waals surface area (Å²) in [7, 11) is 2.41. The van der Waals surface area contributed by atoms with Gasteiger partial charge in [0.2, 0.25) is 5.28 Å². The van der Waals surface area contributed by atoms with Gasteiger partial charge in [-0.2, -0.15) is 0 Å². The third-order valence-electron chi connectivity index (χ3n) is 1.04. The van der Waals surface area contributed by atoms with Gasteiger partial charge in [-0.15, -0.1) is 0 Å². The number of carbonyl (C=O) groups excluding carboxylic acids is 1. The highest BCUT2D eigenvalue weighted by atomic mass is 16.7. The minimum Gasteiger partial charge on any atom is -0.597 e. The molecule has 1 atom stereocenters. The topological polar surface area (TPSA) is 74.0 Å². The lowest BCUT2D eigenvalue weighted by Crippen LogP contribution is -2.27. The Balaban J connectivity index is 4.12. The Labute approximate surface area is 63.9 Å². The number of ether oxygens (including phenoxy) is 1. The van der Waals surface area contributed by atoms with Gasteiger partial charge in [-0.1, -0.05) is 0 Å². The second kappa shape index (κ2) is 4.48. The summed E-state index contributed by atoms with van der Waals surface area (Å²) < 4.78 is 4.28. The minimum atomic E-state index is -0.972. The lowest BCUT2D eigenvalue weighted by molar-refractivity contribution is -0.578. The molecule has 11 heavy (non-hydrogen) atoms. The maximum absolute atomic E-state index is 10.7. The lowest BCUT2D eigenvalue weighted by atomic mass is 10.4. The van der Waals surface area contributed by atoms with Crippen molar-refractivity contribution in [2.45, 2.75) is 13.0 Å². The van der Waals surface area contributed by atoms with Gasteiger partial charge in [0.15, 0.2) is 0 Å². The fourth-order valence-electron chi connectivity index (χ4n) is 0.412. The Morgan fingerprint density at radius 2 is 2.18 bits per heavy atom. The first-order valence-electron chi connectivity index (χ1n) is 2.91. The average molecular weight is 162 g/mol. The molecule has 0 heterocycles. The smallest absolute Gasteiger partial charge is 0.378 e. The van der Waals surface area contributed by atoms with Gasteiger partial charge in [0, 0.05) is 6.92 Å². The number of hydroxylamine groups is 1. The molecule has 1 unspecified atom stereocenters. The highest BCUT2D eigenvalue weighted by Gasteiger charge is 2.22. The van der Waals surface area contributed by atoms with Crippen molar-refractivity contribution >= 4 is 5.97 Å². The Bertz CT molecular complexity index is 168. The number of hydrogen-bond donors (Lipinski definition) is 0. The van der Waals surface area contributed by atoms with Crippen LogP contribution >= 0.6 is 0 Å². The molecule has 0 radical (unpaired) electrons. The first-order chi connectivity index (χ1) is 5.13. The Morgan fingerprint density at radius 3 is 2.55 bits per heavy atom. The molecule has 0 N–H and O–H groups in total. The summed E-state index contributed by atoms with van der Waals surface area (Å²) in [5, 5.41) is 13.6. The van der Waals surface area contributed by atoms with Gasteiger partial charge < -0.3 is 14.8 Å². The number of esters is 1. The van der Waals surface area contributed by atoms with Crippen LogP contribution in [0.5, 0.6) is 0 Å². The van der Waals surface area contributed by atoms with E-state index in [1.54, 1.807) is 0 Å². The van der Waals surface area contributed by atoms with Crippen molar-refractivity contribution in [2.75, 3.05) is 14.2 Å². The molecule has 6 nitrogen and oxygen atoms in total. The van der Waals surface area contributed by atoms with Crippen LogP contribution in [0.1, 0.15) is 6.92 Å². The molecule has 0 aromatic carbocycles. The first-order valence-corrected chi connectivity index (χ1v) is 2.91. The van der Waals surface area contributed by atoms with Crippen LogP contribution in [0.2, 0.25) is 0 Å². The molecule has 0 aromatic rings. The fourth-order valence-corrected chi connectivity index (χ4v) is 0.412. The average Bonchev–Trinajstić information content (AvgIpc) is 2.02. The number of nitrogens with zero attached hydrogens (tertiary/aromatic N) is 2. The zero-order valence-electron chi connectivity index (χ0n) is 6.60. The highest BCUT2D eigenvalue weighted by Crippen LogP contribution is 1.93. The molecule has 0 aromatic heterocycles. The van der Waals surface area contributed by atoms with Gasteiger partial charge in [0.1, 0.15) is 7.11 Å². The van der Waals surface area contributed by atoms with Crippen LogP contribution in [0.4, 0.5) is 0 Å². The van der Waals surface area contributed by atoms with Crippen LogP contribution in [0.3, 0.4) is 0 Å². The number of hydrogen-bond acceptors (Lipinski definition) is 5. The molecule has 0 bridgehead atoms. The summed E-state index contributed by atoms with van der Waals surface area (Å²) in [4.78, 5) is 14.9. The number of carbonyl (C=O) groups is 1. The summed E-state index contributed by atoms with van der Waals surface area (Å²) in [6, 6.07) is -0.972. The second-order valence-corrected chi connectivity index (χ2v) is 1.77. The van der Waals surface area contributed by atoms with Crippen molar-refractivity contribution in [1.29, 1.82) is 0 Å². The Kier molecular flexibility index (Phi) is 3.94. The quantitative estimate of drug-likeness (QED) is 0.255. The molecule has 6 heteroatoms. The van der Waals surface area contributed by atoms with Crippen molar-refractivity contribution in [1.82, 2.24) is 0 Å². The van der Waals surface area contributed by atoms with E-state index in [4.69, 9.17) is 0 Å². The van der Waals surface area contributed by atoms with Crippen LogP contribution in [-0.2, 0) is 14.4 Å². The van der Waals surface area contributed by atoms with E-state index in [0.717, 1.165) is 0 Å². The van der Waals surface area contributed by atoms with E-state index in [1.165, 1.54) is 21.1 Å². The summed E-state index contributed by atoms with van der Waals surface area (Å²) in [6.45, 7) is 1.36. The maximum Gasteiger partial charge on any atom is 0.378 e. The van der Waals surface area contributed by atoms with Gasteiger partial charge >= 0.3 is 5.97 Å². The molecule has 0 aliphatic carbocycles. The third kappa shape index (κ3) is 2.83. The van der Waals surface area contributed by atoms with Crippen LogP contribution in [0, 0.1) is 5.21 Å². The predicted molar refractivity (Wildman–Crippen MR) is 34.5 cm³/mol. The van der Waals surface area contributed by atoms with Crippen molar-refractivity contribution in [2.24, 2.45) is 5.28 Å². The zero-order valence-corrected chi connectivity index (χ0v) is 6.60. The molecule has 0 aliphatic rings. The molecule has 0 fully saturated rings. The van der Waals surface area contributed by atoms with Gasteiger partial charge in [-0.3, -0.25) is 0 Å². The lowest BCUT2D eigenvalue weighted by Gasteiger charge is -2.04. The monoisotopic (exact) mass is 162 g/mol. The van der Waals surface area contributed by atoms with E-state index in [2.05, 4.69) is 14.9 Å². The van der Waals surface area contributed by atoms with Crippen LogP contribution in [0.25, 0.3) is 0 Å². The number of methoxy groups -OCH3 is 1. The largest absolute Gasteiger partial charge is 0.597 e. The fraction of sp³-hybridized carbons (Fsp3) is 0.800. The molecule has 0 saturated carbocycles. The normalized spacial score (nSPS) is 13.9. The standard InChI is InChI=1S/C5H10N2O4/c1-4(5(8)10-2)7(9)6-11-3/h4H,1-3H3/b7-6-. The van der Waals surface area contributed by atoms with E-state index in [9.17, 15) is 10.0 Å². The molecule has 64 valence electrons. The van der Waals surface area contributed by atoms with Crippen LogP contribution < -0.4 is 0 Å². The third-order valence-corrected chi connectivity index (χ3v) is 1.04. The molecule has 0 rings (SSSR count). The second-order valence-electron chi connectivity index (χ2n) is 1.77. The molecular weight excluding hydrogens is 152 g/mol. The van der Waals surface area contributed by atoms with Gasteiger partial charge in [0.25, 0.3) is 6.04 Å². The maximum atomic E-state index is 10.7. The molecule has 0 saturated heterocycles. The molecule has 0 amide bonds. The summed E-state index contributed by atoms with van der Waals surface area (Å²) in [6.07, 6.45) is 0. The van der Waals surface area contributed by atoms with E-state index < -0.39 is 12.0 Å². The van der Waals surface area contributed by atoms with Crippen LogP contribution in [0.15, 0.2) is 5.28 Å². The zero-order chi connectivity index (χ0) is 8.85. The van der Waals surface area contributed by atoms with Crippen molar-refractivity contribution < 1.29 is 19.2 Å². The molecular formula is C5H10N2O4. The van der Waals surface area contributed by atoms with Crippen molar-refractivity contribution in [3.05, 3.63) is 5.21 Å². The SMILES string of the molecule is CO/N=[N+](\[O-])C(C)C(=O)OC. The van der Waals surface area contributed by atoms with Crippen molar-refractivity contribution in [3.63, 3.8) is 0 Å². The number of rotatable bonds is 3. The molecule has 0 spiro atoms. The van der Waals surface area contributed by atoms with E-state index >= 15 is 0 Å². The van der Waals surface area contributed by atoms with Crippen molar-refractivity contribution in [3.8, 4) is 0 Å². The molecule has 0 aliphatic heterocycles. The highest BCUT2D eigenvalue weighted by molar-refractivity contribution is 5.73. The van der Waals surface area contributed by atoms with Crippen LogP contribution in [-0.4, -0.2) is 31.1 Å². The summed E-state index contributed by atoms with van der Waals surface area (Å²) in [5.41, 5.74) is 0. The predicted octanol–water partition coefficient (Wildman–Crippen LogP) is 0.0718. The van der Waals surface area contributed by atoms with E-state index in [0.29, 0.717) is 0 Å².